The Bertz CT molecular complexity index is 792. The first kappa shape index (κ1) is 14.0. The molecule has 5 heteroatoms. The van der Waals surface area contributed by atoms with E-state index in [1.54, 1.807) is 0 Å². The SMILES string of the molecule is Cc1cnc2c(c1)nc(C(C)Cl)n2Cc1ncccc1C. The lowest BCUT2D eigenvalue weighted by molar-refractivity contribution is 0.717. The van der Waals surface area contributed by atoms with Crippen LogP contribution in [0.15, 0.2) is 30.6 Å². The van der Waals surface area contributed by atoms with E-state index in [4.69, 9.17) is 11.6 Å². The van der Waals surface area contributed by atoms with Gasteiger partial charge in [-0.25, -0.2) is 9.97 Å². The van der Waals surface area contributed by atoms with Gasteiger partial charge in [-0.1, -0.05) is 6.07 Å². The summed E-state index contributed by atoms with van der Waals surface area (Å²) in [6.45, 7) is 6.63. The molecule has 4 nitrogen and oxygen atoms in total. The average Bonchev–Trinajstić information content (AvgIpc) is 2.79. The summed E-state index contributed by atoms with van der Waals surface area (Å²) in [7, 11) is 0. The molecule has 0 aromatic carbocycles. The molecule has 108 valence electrons. The summed E-state index contributed by atoms with van der Waals surface area (Å²) in [5, 5.41) is -0.177. The molecule has 3 heterocycles. The second-order valence-corrected chi connectivity index (χ2v) is 5.95. The van der Waals surface area contributed by atoms with Gasteiger partial charge >= 0.3 is 0 Å². The Morgan fingerprint density at radius 1 is 1.29 bits per heavy atom. The van der Waals surface area contributed by atoms with Gasteiger partial charge < -0.3 is 4.57 Å². The molecule has 0 aliphatic rings. The topological polar surface area (TPSA) is 43.6 Å². The van der Waals surface area contributed by atoms with Gasteiger partial charge in [-0.15, -0.1) is 11.6 Å². The zero-order valence-corrected chi connectivity index (χ0v) is 13.1. The van der Waals surface area contributed by atoms with E-state index >= 15 is 0 Å². The fraction of sp³-hybridized carbons (Fsp3) is 0.312. The molecular formula is C16H17ClN4. The third-order valence-corrected chi connectivity index (χ3v) is 3.73. The quantitative estimate of drug-likeness (QED) is 0.691. The van der Waals surface area contributed by atoms with Crippen LogP contribution in [0.3, 0.4) is 0 Å². The van der Waals surface area contributed by atoms with Gasteiger partial charge in [0.05, 0.1) is 17.6 Å². The van der Waals surface area contributed by atoms with Crippen molar-refractivity contribution >= 4 is 22.8 Å². The molecule has 0 amide bonds. The van der Waals surface area contributed by atoms with E-state index in [1.807, 2.05) is 38.4 Å². The van der Waals surface area contributed by atoms with E-state index in [2.05, 4.69) is 32.5 Å². The number of halogens is 1. The first-order valence-corrected chi connectivity index (χ1v) is 7.37. The number of fused-ring (bicyclic) bond motifs is 1. The highest BCUT2D eigenvalue weighted by Crippen LogP contribution is 2.25. The average molecular weight is 301 g/mol. The normalized spacial score (nSPS) is 12.8. The van der Waals surface area contributed by atoms with E-state index in [9.17, 15) is 0 Å². The lowest BCUT2D eigenvalue weighted by atomic mass is 10.2. The maximum Gasteiger partial charge on any atom is 0.160 e. The van der Waals surface area contributed by atoms with Crippen LogP contribution in [0.5, 0.6) is 0 Å². The number of rotatable bonds is 3. The van der Waals surface area contributed by atoms with Gasteiger partial charge in [0.25, 0.3) is 0 Å². The Balaban J connectivity index is 2.16. The number of aromatic nitrogens is 4. The molecule has 1 atom stereocenters. The van der Waals surface area contributed by atoms with E-state index < -0.39 is 0 Å². The summed E-state index contributed by atoms with van der Waals surface area (Å²) in [5.74, 6) is 0.829. The number of nitrogens with zero attached hydrogens (tertiary/aromatic N) is 4. The number of hydrogen-bond acceptors (Lipinski definition) is 3. The van der Waals surface area contributed by atoms with Gasteiger partial charge in [-0.05, 0) is 44.0 Å². The second-order valence-electron chi connectivity index (χ2n) is 5.29. The first-order valence-electron chi connectivity index (χ1n) is 6.93. The van der Waals surface area contributed by atoms with Gasteiger partial charge in [0.1, 0.15) is 11.3 Å². The highest BCUT2D eigenvalue weighted by atomic mass is 35.5. The monoisotopic (exact) mass is 300 g/mol. The number of hydrogen-bond donors (Lipinski definition) is 0. The summed E-state index contributed by atoms with van der Waals surface area (Å²) in [4.78, 5) is 13.6. The van der Waals surface area contributed by atoms with Crippen LogP contribution in [-0.2, 0) is 6.54 Å². The smallest absolute Gasteiger partial charge is 0.160 e. The van der Waals surface area contributed by atoms with Crippen LogP contribution in [0.2, 0.25) is 0 Å². The standard InChI is InChI=1S/C16H17ClN4/c1-10-7-13-16(19-8-10)21(15(20-13)12(3)17)9-14-11(2)5-4-6-18-14/h4-8,12H,9H2,1-3H3. The van der Waals surface area contributed by atoms with Crippen molar-refractivity contribution in [3.63, 3.8) is 0 Å². The maximum atomic E-state index is 6.29. The van der Waals surface area contributed by atoms with Crippen LogP contribution in [-0.4, -0.2) is 19.5 Å². The Morgan fingerprint density at radius 3 is 2.81 bits per heavy atom. The number of pyridine rings is 2. The lowest BCUT2D eigenvalue weighted by Crippen LogP contribution is -2.09. The highest BCUT2D eigenvalue weighted by Gasteiger charge is 2.17. The van der Waals surface area contributed by atoms with Gasteiger partial charge in [-0.2, -0.15) is 0 Å². The molecule has 0 aliphatic carbocycles. The summed E-state index contributed by atoms with van der Waals surface area (Å²) < 4.78 is 2.06. The second kappa shape index (κ2) is 5.45. The summed E-state index contributed by atoms with van der Waals surface area (Å²) >= 11 is 6.29. The summed E-state index contributed by atoms with van der Waals surface area (Å²) in [6.07, 6.45) is 3.66. The minimum Gasteiger partial charge on any atom is -0.305 e. The highest BCUT2D eigenvalue weighted by molar-refractivity contribution is 6.20. The van der Waals surface area contributed by atoms with Crippen molar-refractivity contribution in [3.8, 4) is 0 Å². The van der Waals surface area contributed by atoms with Crippen LogP contribution in [0.1, 0.15) is 34.9 Å². The van der Waals surface area contributed by atoms with Crippen LogP contribution >= 0.6 is 11.6 Å². The fourth-order valence-electron chi connectivity index (χ4n) is 2.42. The Kier molecular flexibility index (Phi) is 3.64. The van der Waals surface area contributed by atoms with E-state index in [0.29, 0.717) is 6.54 Å². The summed E-state index contributed by atoms with van der Waals surface area (Å²) in [6, 6.07) is 6.03. The van der Waals surface area contributed by atoms with Crippen molar-refractivity contribution in [2.24, 2.45) is 0 Å². The van der Waals surface area contributed by atoms with Gasteiger partial charge in [0.15, 0.2) is 5.65 Å². The molecule has 3 rings (SSSR count). The molecule has 0 aliphatic heterocycles. The molecule has 0 radical (unpaired) electrons. The molecule has 3 aromatic rings. The Morgan fingerprint density at radius 2 is 2.10 bits per heavy atom. The van der Waals surface area contributed by atoms with Crippen LogP contribution in [0.25, 0.3) is 11.2 Å². The summed E-state index contributed by atoms with van der Waals surface area (Å²) in [5.41, 5.74) is 4.99. The predicted molar refractivity (Wildman–Crippen MR) is 84.6 cm³/mol. The van der Waals surface area contributed by atoms with Crippen molar-refractivity contribution < 1.29 is 0 Å². The minimum atomic E-state index is -0.177. The number of alkyl halides is 1. The molecule has 0 bridgehead atoms. The zero-order chi connectivity index (χ0) is 15.0. The molecule has 0 fully saturated rings. The molecule has 3 aromatic heterocycles. The molecule has 0 saturated heterocycles. The van der Waals surface area contributed by atoms with Crippen molar-refractivity contribution in [1.29, 1.82) is 0 Å². The van der Waals surface area contributed by atoms with Crippen LogP contribution < -0.4 is 0 Å². The molecule has 1 unspecified atom stereocenters. The zero-order valence-electron chi connectivity index (χ0n) is 12.3. The third kappa shape index (κ3) is 2.63. The van der Waals surface area contributed by atoms with Crippen molar-refractivity contribution in [2.75, 3.05) is 0 Å². The Hall–Kier alpha value is -1.94. The minimum absolute atomic E-state index is 0.177. The Labute approximate surface area is 128 Å². The van der Waals surface area contributed by atoms with Crippen molar-refractivity contribution in [1.82, 2.24) is 19.5 Å². The number of imidazole rings is 1. The first-order chi connectivity index (χ1) is 10.1. The lowest BCUT2D eigenvalue weighted by Gasteiger charge is -2.11. The van der Waals surface area contributed by atoms with Crippen molar-refractivity contribution in [3.05, 3.63) is 53.2 Å². The molecular weight excluding hydrogens is 284 g/mol. The molecule has 21 heavy (non-hydrogen) atoms. The van der Waals surface area contributed by atoms with E-state index in [-0.39, 0.29) is 5.38 Å². The van der Waals surface area contributed by atoms with Gasteiger partial charge in [0.2, 0.25) is 0 Å². The van der Waals surface area contributed by atoms with Crippen LogP contribution in [0, 0.1) is 13.8 Å². The van der Waals surface area contributed by atoms with Gasteiger partial charge in [0, 0.05) is 12.4 Å². The predicted octanol–water partition coefficient (Wildman–Crippen LogP) is 3.79. The van der Waals surface area contributed by atoms with E-state index in [0.717, 1.165) is 33.8 Å². The molecule has 0 saturated carbocycles. The van der Waals surface area contributed by atoms with Crippen LogP contribution in [0.4, 0.5) is 0 Å². The van der Waals surface area contributed by atoms with E-state index in [1.165, 1.54) is 0 Å². The fourth-order valence-corrected chi connectivity index (χ4v) is 2.59. The largest absolute Gasteiger partial charge is 0.305 e. The third-order valence-electron chi connectivity index (χ3n) is 3.53. The molecule has 0 spiro atoms. The number of aryl methyl sites for hydroxylation is 2. The maximum absolute atomic E-state index is 6.29. The van der Waals surface area contributed by atoms with Crippen molar-refractivity contribution in [2.45, 2.75) is 32.7 Å². The molecule has 0 N–H and O–H groups in total. The van der Waals surface area contributed by atoms with Gasteiger partial charge in [-0.3, -0.25) is 4.98 Å².